The molecule has 30 heavy (non-hydrogen) atoms. The molecule has 0 spiro atoms. The summed E-state index contributed by atoms with van der Waals surface area (Å²) < 4.78 is 0. The fraction of sp³-hybridized carbons (Fsp3) is 0.375. The molecule has 1 aliphatic carbocycles. The van der Waals surface area contributed by atoms with Crippen molar-refractivity contribution in [1.82, 2.24) is 10.2 Å². The van der Waals surface area contributed by atoms with Crippen molar-refractivity contribution in [3.63, 3.8) is 0 Å². The van der Waals surface area contributed by atoms with Crippen molar-refractivity contribution in [2.75, 3.05) is 18.9 Å². The third kappa shape index (κ3) is 3.87. The van der Waals surface area contributed by atoms with Gasteiger partial charge >= 0.3 is 0 Å². The molecule has 2 aromatic carbocycles. The summed E-state index contributed by atoms with van der Waals surface area (Å²) in [6, 6.07) is 13.6. The van der Waals surface area contributed by atoms with Gasteiger partial charge in [-0.25, -0.2) is 0 Å². The van der Waals surface area contributed by atoms with Gasteiger partial charge in [0.2, 0.25) is 5.91 Å². The van der Waals surface area contributed by atoms with Crippen LogP contribution in [0.3, 0.4) is 0 Å². The zero-order valence-corrected chi connectivity index (χ0v) is 17.2. The average Bonchev–Trinajstić information content (AvgIpc) is 3.39. The normalized spacial score (nSPS) is 16.8. The zero-order valence-electron chi connectivity index (χ0n) is 17.2. The van der Waals surface area contributed by atoms with Crippen molar-refractivity contribution in [3.8, 4) is 11.1 Å². The summed E-state index contributed by atoms with van der Waals surface area (Å²) in [5, 5.41) is 6.33. The highest BCUT2D eigenvalue weighted by atomic mass is 16.2. The molecule has 2 amide bonds. The Hall–Kier alpha value is -2.99. The van der Waals surface area contributed by atoms with Gasteiger partial charge in [-0.1, -0.05) is 24.3 Å². The van der Waals surface area contributed by atoms with Gasteiger partial charge in [0.25, 0.3) is 5.91 Å². The Morgan fingerprint density at radius 3 is 2.53 bits per heavy atom. The second-order valence-electron chi connectivity index (χ2n) is 8.16. The number of benzene rings is 2. The maximum Gasteiger partial charge on any atom is 0.255 e. The summed E-state index contributed by atoms with van der Waals surface area (Å²) >= 11 is 0. The lowest BCUT2D eigenvalue weighted by atomic mass is 10.00. The first-order valence-electron chi connectivity index (χ1n) is 10.5. The molecule has 6 heteroatoms. The molecule has 0 aromatic heterocycles. The van der Waals surface area contributed by atoms with Crippen LogP contribution >= 0.6 is 0 Å². The lowest BCUT2D eigenvalue weighted by Crippen LogP contribution is -2.57. The van der Waals surface area contributed by atoms with E-state index in [1.807, 2.05) is 54.4 Å². The lowest BCUT2D eigenvalue weighted by molar-refractivity contribution is -0.115. The Morgan fingerprint density at radius 1 is 1.13 bits per heavy atom. The Kier molecular flexibility index (Phi) is 5.68. The SMILES string of the molecule is CN(C(=O)c1ccc(-c2ccc3c(c2)NC(=O)C3)cc1)C1(NCCC=O)CCCC1. The molecule has 2 aliphatic rings. The summed E-state index contributed by atoms with van der Waals surface area (Å²) in [7, 11) is 1.85. The van der Waals surface area contributed by atoms with E-state index < -0.39 is 0 Å². The quantitative estimate of drug-likeness (QED) is 0.421. The number of hydrogen-bond acceptors (Lipinski definition) is 4. The Balaban J connectivity index is 1.50. The predicted molar refractivity (Wildman–Crippen MR) is 116 cm³/mol. The summed E-state index contributed by atoms with van der Waals surface area (Å²) in [5.74, 6) is -0.00278. The van der Waals surface area contributed by atoms with Crippen LogP contribution < -0.4 is 10.6 Å². The van der Waals surface area contributed by atoms with Crippen LogP contribution in [-0.2, 0) is 16.0 Å². The first kappa shape index (κ1) is 20.3. The number of fused-ring (bicyclic) bond motifs is 1. The van der Waals surface area contributed by atoms with Crippen LogP contribution in [0.1, 0.15) is 48.0 Å². The predicted octanol–water partition coefficient (Wildman–Crippen LogP) is 3.37. The van der Waals surface area contributed by atoms with E-state index in [9.17, 15) is 14.4 Å². The van der Waals surface area contributed by atoms with Gasteiger partial charge in [-0.15, -0.1) is 0 Å². The van der Waals surface area contributed by atoms with Gasteiger partial charge in [0.15, 0.2) is 0 Å². The number of nitrogens with one attached hydrogen (secondary N) is 2. The van der Waals surface area contributed by atoms with Crippen LogP contribution in [-0.4, -0.2) is 42.3 Å². The standard InChI is InChI=1S/C24H27N3O3/c1-27(24(11-2-3-12-24)25-13-4-14-28)23(30)18-7-5-17(6-8-18)19-9-10-20-16-22(29)26-21(20)15-19/h5-10,14-15,25H,2-4,11-13,16H2,1H3,(H,26,29). The van der Waals surface area contributed by atoms with E-state index in [1.54, 1.807) is 0 Å². The molecule has 2 N–H and O–H groups in total. The molecule has 1 heterocycles. The number of amides is 2. The first-order valence-corrected chi connectivity index (χ1v) is 10.5. The van der Waals surface area contributed by atoms with Gasteiger partial charge in [0, 0.05) is 31.3 Å². The van der Waals surface area contributed by atoms with Crippen LogP contribution in [0.25, 0.3) is 11.1 Å². The van der Waals surface area contributed by atoms with Gasteiger partial charge in [0.1, 0.15) is 6.29 Å². The fourth-order valence-corrected chi connectivity index (χ4v) is 4.54. The molecule has 2 aromatic rings. The van der Waals surface area contributed by atoms with E-state index in [2.05, 4.69) is 10.6 Å². The molecule has 6 nitrogen and oxygen atoms in total. The summed E-state index contributed by atoms with van der Waals surface area (Å²) in [5.41, 5.74) is 4.14. The second kappa shape index (κ2) is 8.40. The monoisotopic (exact) mass is 405 g/mol. The van der Waals surface area contributed by atoms with E-state index in [1.165, 1.54) is 0 Å². The topological polar surface area (TPSA) is 78.5 Å². The van der Waals surface area contributed by atoms with Crippen molar-refractivity contribution < 1.29 is 14.4 Å². The molecular formula is C24H27N3O3. The third-order valence-electron chi connectivity index (χ3n) is 6.29. The minimum atomic E-state index is -0.378. The van der Waals surface area contributed by atoms with E-state index in [-0.39, 0.29) is 17.5 Å². The molecule has 0 radical (unpaired) electrons. The zero-order chi connectivity index (χ0) is 21.1. The molecule has 1 saturated carbocycles. The van der Waals surface area contributed by atoms with E-state index in [0.29, 0.717) is 24.9 Å². The Morgan fingerprint density at radius 2 is 1.83 bits per heavy atom. The summed E-state index contributed by atoms with van der Waals surface area (Å²) in [6.07, 6.45) is 5.71. The summed E-state index contributed by atoms with van der Waals surface area (Å²) in [6.45, 7) is 0.578. The minimum Gasteiger partial charge on any atom is -0.326 e. The second-order valence-corrected chi connectivity index (χ2v) is 8.16. The van der Waals surface area contributed by atoms with Gasteiger partial charge in [0.05, 0.1) is 12.1 Å². The first-order chi connectivity index (χ1) is 14.5. The molecular weight excluding hydrogens is 378 g/mol. The third-order valence-corrected chi connectivity index (χ3v) is 6.29. The van der Waals surface area contributed by atoms with Gasteiger partial charge in [-0.3, -0.25) is 14.9 Å². The lowest BCUT2D eigenvalue weighted by Gasteiger charge is -2.40. The van der Waals surface area contributed by atoms with Crippen LogP contribution in [0.4, 0.5) is 5.69 Å². The number of carbonyl (C=O) groups is 3. The Bertz CT molecular complexity index is 962. The number of carbonyl (C=O) groups excluding carboxylic acids is 3. The van der Waals surface area contributed by atoms with Crippen molar-refractivity contribution in [3.05, 3.63) is 53.6 Å². The number of nitrogens with zero attached hydrogens (tertiary/aromatic N) is 1. The molecule has 0 atom stereocenters. The van der Waals surface area contributed by atoms with Crippen LogP contribution in [0.2, 0.25) is 0 Å². The van der Waals surface area contributed by atoms with E-state index in [4.69, 9.17) is 0 Å². The van der Waals surface area contributed by atoms with Gasteiger partial charge in [-0.05, 0) is 60.6 Å². The average molecular weight is 405 g/mol. The van der Waals surface area contributed by atoms with Gasteiger partial charge < -0.3 is 15.0 Å². The van der Waals surface area contributed by atoms with E-state index >= 15 is 0 Å². The Labute approximate surface area is 176 Å². The van der Waals surface area contributed by atoms with Gasteiger partial charge in [-0.2, -0.15) is 0 Å². The number of hydrogen-bond donors (Lipinski definition) is 2. The molecule has 0 saturated heterocycles. The summed E-state index contributed by atoms with van der Waals surface area (Å²) in [4.78, 5) is 37.3. The van der Waals surface area contributed by atoms with Crippen LogP contribution in [0.5, 0.6) is 0 Å². The van der Waals surface area contributed by atoms with Crippen molar-refractivity contribution in [1.29, 1.82) is 0 Å². The van der Waals surface area contributed by atoms with Crippen molar-refractivity contribution in [2.24, 2.45) is 0 Å². The van der Waals surface area contributed by atoms with Crippen molar-refractivity contribution >= 4 is 23.8 Å². The highest BCUT2D eigenvalue weighted by Crippen LogP contribution is 2.34. The largest absolute Gasteiger partial charge is 0.326 e. The number of rotatable bonds is 7. The van der Waals surface area contributed by atoms with E-state index in [0.717, 1.165) is 54.3 Å². The molecule has 1 aliphatic heterocycles. The number of anilines is 1. The maximum atomic E-state index is 13.2. The van der Waals surface area contributed by atoms with Crippen molar-refractivity contribution in [2.45, 2.75) is 44.2 Å². The minimum absolute atomic E-state index is 0.0220. The highest BCUT2D eigenvalue weighted by Gasteiger charge is 2.39. The fourth-order valence-electron chi connectivity index (χ4n) is 4.54. The highest BCUT2D eigenvalue weighted by molar-refractivity contribution is 6.00. The molecule has 0 bridgehead atoms. The number of aldehydes is 1. The smallest absolute Gasteiger partial charge is 0.255 e. The molecule has 4 rings (SSSR count). The maximum absolute atomic E-state index is 13.2. The molecule has 0 unspecified atom stereocenters. The van der Waals surface area contributed by atoms with Crippen LogP contribution in [0.15, 0.2) is 42.5 Å². The molecule has 156 valence electrons. The molecule has 1 fully saturated rings. The van der Waals surface area contributed by atoms with Crippen LogP contribution in [0, 0.1) is 0 Å².